The summed E-state index contributed by atoms with van der Waals surface area (Å²) in [7, 11) is 0. The third kappa shape index (κ3) is 5.49. The van der Waals surface area contributed by atoms with Crippen molar-refractivity contribution in [2.45, 2.75) is 0 Å². The lowest BCUT2D eigenvalue weighted by Gasteiger charge is -2.34. The monoisotopic (exact) mass is 415 g/mol. The molecule has 1 fully saturated rings. The van der Waals surface area contributed by atoms with Crippen molar-refractivity contribution in [1.29, 1.82) is 0 Å². The lowest BCUT2D eigenvalue weighted by atomic mass is 10.1. The van der Waals surface area contributed by atoms with E-state index in [-0.39, 0.29) is 17.6 Å². The molecule has 0 atom stereocenters. The fourth-order valence-electron chi connectivity index (χ4n) is 3.51. The molecular formula is C25H25N3O3. The zero-order chi connectivity index (χ0) is 21.5. The van der Waals surface area contributed by atoms with Gasteiger partial charge in [-0.15, -0.1) is 0 Å². The molecule has 1 aliphatic heterocycles. The average Bonchev–Trinajstić information content (AvgIpc) is 3.36. The number of hydrogen-bond acceptors (Lipinski definition) is 4. The number of benzene rings is 2. The van der Waals surface area contributed by atoms with Gasteiger partial charge in [-0.05, 0) is 42.0 Å². The molecule has 2 amide bonds. The van der Waals surface area contributed by atoms with Gasteiger partial charge in [0, 0.05) is 44.0 Å². The molecule has 2 heterocycles. The topological polar surface area (TPSA) is 65.8 Å². The second kappa shape index (κ2) is 9.91. The predicted molar refractivity (Wildman–Crippen MR) is 121 cm³/mol. The smallest absolute Gasteiger partial charge is 0.291 e. The number of nitrogens with zero attached hydrogens (tertiary/aromatic N) is 2. The molecule has 158 valence electrons. The molecule has 0 spiro atoms. The molecule has 1 aromatic heterocycles. The van der Waals surface area contributed by atoms with Crippen LogP contribution in [0.1, 0.15) is 26.5 Å². The normalized spacial score (nSPS) is 14.6. The van der Waals surface area contributed by atoms with Gasteiger partial charge in [0.15, 0.2) is 5.76 Å². The van der Waals surface area contributed by atoms with Gasteiger partial charge in [0.2, 0.25) is 0 Å². The third-order valence-corrected chi connectivity index (χ3v) is 5.27. The first-order valence-electron chi connectivity index (χ1n) is 10.4. The molecule has 1 saturated heterocycles. The Hall–Kier alpha value is -3.64. The summed E-state index contributed by atoms with van der Waals surface area (Å²) in [6, 6.07) is 20.5. The van der Waals surface area contributed by atoms with Crippen molar-refractivity contribution >= 4 is 23.6 Å². The van der Waals surface area contributed by atoms with Gasteiger partial charge in [0.05, 0.1) is 6.26 Å². The molecule has 4 rings (SSSR count). The molecule has 0 bridgehead atoms. The van der Waals surface area contributed by atoms with Crippen LogP contribution in [0.3, 0.4) is 0 Å². The number of nitrogens with one attached hydrogen (secondary N) is 1. The molecule has 31 heavy (non-hydrogen) atoms. The van der Waals surface area contributed by atoms with E-state index in [0.717, 1.165) is 19.6 Å². The predicted octanol–water partition coefficient (Wildman–Crippen LogP) is 4.00. The number of piperazine rings is 1. The van der Waals surface area contributed by atoms with Crippen molar-refractivity contribution in [2.24, 2.45) is 0 Å². The zero-order valence-corrected chi connectivity index (χ0v) is 17.2. The zero-order valence-electron chi connectivity index (χ0n) is 17.2. The van der Waals surface area contributed by atoms with E-state index in [1.807, 2.05) is 23.1 Å². The van der Waals surface area contributed by atoms with E-state index in [1.165, 1.54) is 11.8 Å². The van der Waals surface area contributed by atoms with Gasteiger partial charge in [0.25, 0.3) is 11.8 Å². The van der Waals surface area contributed by atoms with Crippen LogP contribution in [0.15, 0.2) is 83.5 Å². The Labute approximate surface area is 181 Å². The van der Waals surface area contributed by atoms with Gasteiger partial charge in [-0.1, -0.05) is 42.5 Å². The highest BCUT2D eigenvalue weighted by Crippen LogP contribution is 2.15. The summed E-state index contributed by atoms with van der Waals surface area (Å²) in [5.41, 5.74) is 2.43. The van der Waals surface area contributed by atoms with Gasteiger partial charge < -0.3 is 14.6 Å². The highest BCUT2D eigenvalue weighted by molar-refractivity contribution is 6.02. The number of rotatable bonds is 6. The summed E-state index contributed by atoms with van der Waals surface area (Å²) in [4.78, 5) is 29.1. The second-order valence-corrected chi connectivity index (χ2v) is 7.41. The van der Waals surface area contributed by atoms with Gasteiger partial charge in [-0.3, -0.25) is 14.5 Å². The Morgan fingerprint density at radius 3 is 2.32 bits per heavy atom. The molecular weight excluding hydrogens is 390 g/mol. The summed E-state index contributed by atoms with van der Waals surface area (Å²) in [6.45, 7) is 3.98. The maximum Gasteiger partial charge on any atom is 0.291 e. The number of amides is 2. The first-order valence-corrected chi connectivity index (χ1v) is 10.4. The standard InChI is InChI=1S/C25H25N3O3/c29-24(23-9-5-19-31-23)26-22-12-10-21(11-13-22)25(30)28-17-15-27(16-18-28)14-4-8-20-6-2-1-3-7-20/h1-13,19H,14-18H2,(H,26,29). The summed E-state index contributed by atoms with van der Waals surface area (Å²) in [5, 5.41) is 2.76. The van der Waals surface area contributed by atoms with E-state index in [4.69, 9.17) is 4.42 Å². The van der Waals surface area contributed by atoms with Crippen LogP contribution in [0.25, 0.3) is 6.08 Å². The minimum atomic E-state index is -0.318. The molecule has 3 aromatic rings. The van der Waals surface area contributed by atoms with Crippen molar-refractivity contribution < 1.29 is 14.0 Å². The fraction of sp³-hybridized carbons (Fsp3) is 0.200. The number of anilines is 1. The molecule has 2 aromatic carbocycles. The lowest BCUT2D eigenvalue weighted by Crippen LogP contribution is -2.48. The fourth-order valence-corrected chi connectivity index (χ4v) is 3.51. The quantitative estimate of drug-likeness (QED) is 0.661. The van der Waals surface area contributed by atoms with E-state index in [1.54, 1.807) is 36.4 Å². The molecule has 0 unspecified atom stereocenters. The second-order valence-electron chi connectivity index (χ2n) is 7.41. The van der Waals surface area contributed by atoms with E-state index < -0.39 is 0 Å². The van der Waals surface area contributed by atoms with Crippen LogP contribution in [0.4, 0.5) is 5.69 Å². The SMILES string of the molecule is O=C(Nc1ccc(C(=O)N2CCN(CC=Cc3ccccc3)CC2)cc1)c1ccco1. The minimum absolute atomic E-state index is 0.0170. The Kier molecular flexibility index (Phi) is 6.59. The Balaban J connectivity index is 1.25. The number of carbonyl (C=O) groups is 2. The van der Waals surface area contributed by atoms with Gasteiger partial charge in [-0.2, -0.15) is 0 Å². The van der Waals surface area contributed by atoms with E-state index in [9.17, 15) is 9.59 Å². The molecule has 6 heteroatoms. The number of hydrogen-bond donors (Lipinski definition) is 1. The van der Waals surface area contributed by atoms with Crippen molar-refractivity contribution in [3.8, 4) is 0 Å². The molecule has 0 aliphatic carbocycles. The first-order chi connectivity index (χ1) is 15.2. The van der Waals surface area contributed by atoms with Gasteiger partial charge in [-0.25, -0.2) is 0 Å². The van der Waals surface area contributed by atoms with Crippen LogP contribution in [0, 0.1) is 0 Å². The van der Waals surface area contributed by atoms with Crippen LogP contribution in [-0.2, 0) is 0 Å². The summed E-state index contributed by atoms with van der Waals surface area (Å²) < 4.78 is 5.08. The number of furan rings is 1. The van der Waals surface area contributed by atoms with Crippen LogP contribution in [0.2, 0.25) is 0 Å². The maximum atomic E-state index is 12.8. The molecule has 6 nitrogen and oxygen atoms in total. The first kappa shape index (κ1) is 20.6. The van der Waals surface area contributed by atoms with Crippen molar-refractivity contribution in [3.63, 3.8) is 0 Å². The lowest BCUT2D eigenvalue weighted by molar-refractivity contribution is 0.0650. The Morgan fingerprint density at radius 1 is 0.903 bits per heavy atom. The van der Waals surface area contributed by atoms with Crippen molar-refractivity contribution in [3.05, 3.63) is 96.0 Å². The van der Waals surface area contributed by atoms with Crippen LogP contribution < -0.4 is 5.32 Å². The minimum Gasteiger partial charge on any atom is -0.459 e. The van der Waals surface area contributed by atoms with Crippen LogP contribution in [-0.4, -0.2) is 54.3 Å². The molecule has 0 saturated carbocycles. The third-order valence-electron chi connectivity index (χ3n) is 5.27. The summed E-state index contributed by atoms with van der Waals surface area (Å²) in [5.74, 6) is -0.0541. The van der Waals surface area contributed by atoms with E-state index in [2.05, 4.69) is 34.5 Å². The van der Waals surface area contributed by atoms with Crippen LogP contribution in [0.5, 0.6) is 0 Å². The highest BCUT2D eigenvalue weighted by atomic mass is 16.3. The highest BCUT2D eigenvalue weighted by Gasteiger charge is 2.21. The largest absolute Gasteiger partial charge is 0.459 e. The summed E-state index contributed by atoms with van der Waals surface area (Å²) >= 11 is 0. The Bertz CT molecular complexity index is 1020. The van der Waals surface area contributed by atoms with Gasteiger partial charge in [0.1, 0.15) is 0 Å². The van der Waals surface area contributed by atoms with Crippen molar-refractivity contribution in [1.82, 2.24) is 9.80 Å². The van der Waals surface area contributed by atoms with E-state index in [0.29, 0.717) is 24.3 Å². The van der Waals surface area contributed by atoms with E-state index >= 15 is 0 Å². The maximum absolute atomic E-state index is 12.8. The molecule has 1 aliphatic rings. The van der Waals surface area contributed by atoms with Crippen molar-refractivity contribution in [2.75, 3.05) is 38.0 Å². The summed E-state index contributed by atoms with van der Waals surface area (Å²) in [6.07, 6.45) is 5.75. The average molecular weight is 415 g/mol. The molecule has 1 N–H and O–H groups in total. The number of carbonyl (C=O) groups excluding carboxylic acids is 2. The van der Waals surface area contributed by atoms with Gasteiger partial charge >= 0.3 is 0 Å². The molecule has 0 radical (unpaired) electrons. The Morgan fingerprint density at radius 2 is 1.65 bits per heavy atom. The van der Waals surface area contributed by atoms with Crippen LogP contribution >= 0.6 is 0 Å².